The molecule has 6 heteroatoms. The summed E-state index contributed by atoms with van der Waals surface area (Å²) < 4.78 is 11.1. The van der Waals surface area contributed by atoms with Gasteiger partial charge < -0.3 is 20.1 Å². The minimum atomic E-state index is -0.551. The summed E-state index contributed by atoms with van der Waals surface area (Å²) in [6.07, 6.45) is 1.15. The average molecular weight is 461 g/mol. The van der Waals surface area contributed by atoms with Crippen molar-refractivity contribution >= 4 is 17.4 Å². The number of ether oxygens (including phenoxy) is 2. The first kappa shape index (κ1) is 23.6. The number of ketones is 1. The number of para-hydroxylation sites is 1. The summed E-state index contributed by atoms with van der Waals surface area (Å²) in [5, 5.41) is 6.47. The zero-order valence-corrected chi connectivity index (χ0v) is 20.7. The highest BCUT2D eigenvalue weighted by atomic mass is 16.5. The van der Waals surface area contributed by atoms with Crippen molar-refractivity contribution in [1.82, 2.24) is 5.32 Å². The Morgan fingerprint density at radius 3 is 2.47 bits per heavy atom. The molecule has 4 rings (SSSR count). The largest absolute Gasteiger partial charge is 0.497 e. The molecule has 2 aromatic carbocycles. The molecule has 1 aliphatic heterocycles. The van der Waals surface area contributed by atoms with Crippen LogP contribution in [0.4, 0.5) is 5.69 Å². The number of methoxy groups -OCH3 is 2. The topological polar surface area (TPSA) is 76.7 Å². The lowest BCUT2D eigenvalue weighted by molar-refractivity contribution is -0.118. The Hall–Kier alpha value is -3.54. The van der Waals surface area contributed by atoms with Gasteiger partial charge in [-0.15, -0.1) is 0 Å². The summed E-state index contributed by atoms with van der Waals surface area (Å²) >= 11 is 0. The smallest absolute Gasteiger partial charge is 0.254 e. The van der Waals surface area contributed by atoms with E-state index in [1.807, 2.05) is 50.2 Å². The lowest BCUT2D eigenvalue weighted by Gasteiger charge is -2.40. The third kappa shape index (κ3) is 4.32. The van der Waals surface area contributed by atoms with Gasteiger partial charge in [0, 0.05) is 46.3 Å². The number of carbonyl (C=O) groups is 2. The predicted octanol–water partition coefficient (Wildman–Crippen LogP) is 5.25. The van der Waals surface area contributed by atoms with Crippen LogP contribution in [0.3, 0.4) is 0 Å². The summed E-state index contributed by atoms with van der Waals surface area (Å²) in [6.45, 7) is 8.04. The lowest BCUT2D eigenvalue weighted by atomic mass is 9.68. The second kappa shape index (κ2) is 9.01. The molecule has 1 amide bonds. The van der Waals surface area contributed by atoms with E-state index in [1.54, 1.807) is 20.3 Å². The van der Waals surface area contributed by atoms with Crippen LogP contribution in [0.5, 0.6) is 11.5 Å². The third-order valence-electron chi connectivity index (χ3n) is 6.63. The van der Waals surface area contributed by atoms with Gasteiger partial charge in [-0.05, 0) is 43.4 Å². The van der Waals surface area contributed by atoms with Gasteiger partial charge in [-0.3, -0.25) is 9.59 Å². The number of hydrogen-bond donors (Lipinski definition) is 2. The molecular weight excluding hydrogens is 428 g/mol. The Morgan fingerprint density at radius 1 is 1.06 bits per heavy atom. The van der Waals surface area contributed by atoms with E-state index in [4.69, 9.17) is 9.47 Å². The minimum absolute atomic E-state index is 0.0512. The van der Waals surface area contributed by atoms with E-state index in [2.05, 4.69) is 24.5 Å². The summed E-state index contributed by atoms with van der Waals surface area (Å²) in [5.41, 5.74) is 5.09. The fourth-order valence-electron chi connectivity index (χ4n) is 5.01. The van der Waals surface area contributed by atoms with Crippen molar-refractivity contribution in [2.45, 2.75) is 46.5 Å². The fraction of sp³-hybridized carbons (Fsp3) is 0.357. The van der Waals surface area contributed by atoms with Crippen LogP contribution in [0.25, 0.3) is 0 Å². The second-order valence-corrected chi connectivity index (χ2v) is 9.81. The van der Waals surface area contributed by atoms with Crippen LogP contribution >= 0.6 is 0 Å². The number of aryl methyl sites for hydroxylation is 1. The molecule has 34 heavy (non-hydrogen) atoms. The van der Waals surface area contributed by atoms with Gasteiger partial charge in [0.1, 0.15) is 11.5 Å². The molecule has 0 bridgehead atoms. The van der Waals surface area contributed by atoms with Crippen LogP contribution in [-0.2, 0) is 9.59 Å². The maximum absolute atomic E-state index is 13.7. The molecule has 2 N–H and O–H groups in total. The van der Waals surface area contributed by atoms with E-state index in [9.17, 15) is 9.59 Å². The van der Waals surface area contributed by atoms with Crippen molar-refractivity contribution in [3.8, 4) is 11.5 Å². The van der Waals surface area contributed by atoms with Gasteiger partial charge in [0.15, 0.2) is 5.78 Å². The zero-order chi connectivity index (χ0) is 24.6. The number of Topliss-reactive ketones (excluding diaryl/α,β-unsaturated/α-hetero) is 1. The Bertz CT molecular complexity index is 1220. The number of nitrogens with one attached hydrogen (secondary N) is 2. The predicted molar refractivity (Wildman–Crippen MR) is 133 cm³/mol. The molecule has 6 nitrogen and oxygen atoms in total. The third-order valence-corrected chi connectivity index (χ3v) is 6.63. The maximum Gasteiger partial charge on any atom is 0.254 e. The van der Waals surface area contributed by atoms with Crippen LogP contribution < -0.4 is 20.1 Å². The van der Waals surface area contributed by atoms with E-state index in [0.29, 0.717) is 29.1 Å². The Kier molecular flexibility index (Phi) is 6.26. The van der Waals surface area contributed by atoms with Crippen molar-refractivity contribution in [2.24, 2.45) is 5.41 Å². The molecule has 1 aliphatic carbocycles. The zero-order valence-electron chi connectivity index (χ0n) is 20.7. The van der Waals surface area contributed by atoms with Crippen LogP contribution in [-0.4, -0.2) is 25.9 Å². The highest BCUT2D eigenvalue weighted by Gasteiger charge is 2.43. The van der Waals surface area contributed by atoms with Gasteiger partial charge in [-0.1, -0.05) is 38.1 Å². The van der Waals surface area contributed by atoms with Crippen molar-refractivity contribution in [2.75, 3.05) is 19.5 Å². The molecule has 1 atom stereocenters. The van der Waals surface area contributed by atoms with Gasteiger partial charge in [0.25, 0.3) is 5.91 Å². The number of hydrogen-bond acceptors (Lipinski definition) is 5. The Labute approximate surface area is 201 Å². The second-order valence-electron chi connectivity index (χ2n) is 9.81. The molecule has 2 aliphatic rings. The van der Waals surface area contributed by atoms with E-state index < -0.39 is 5.92 Å². The molecular formula is C28H32N2O4. The molecule has 1 unspecified atom stereocenters. The van der Waals surface area contributed by atoms with E-state index in [0.717, 1.165) is 34.6 Å². The van der Waals surface area contributed by atoms with Gasteiger partial charge in [-0.25, -0.2) is 0 Å². The number of allylic oxidation sites excluding steroid dienone is 3. The fourth-order valence-corrected chi connectivity index (χ4v) is 5.01. The molecule has 0 fully saturated rings. The van der Waals surface area contributed by atoms with Crippen LogP contribution in [0.2, 0.25) is 0 Å². The first-order valence-electron chi connectivity index (χ1n) is 11.5. The van der Waals surface area contributed by atoms with Crippen LogP contribution in [0.1, 0.15) is 50.7 Å². The molecule has 0 saturated heterocycles. The first-order valence-corrected chi connectivity index (χ1v) is 11.5. The lowest BCUT2D eigenvalue weighted by Crippen LogP contribution is -2.39. The van der Waals surface area contributed by atoms with Gasteiger partial charge >= 0.3 is 0 Å². The van der Waals surface area contributed by atoms with E-state index >= 15 is 0 Å². The quantitative estimate of drug-likeness (QED) is 0.637. The summed E-state index contributed by atoms with van der Waals surface area (Å²) in [5.74, 6) is 0.475. The number of benzene rings is 2. The van der Waals surface area contributed by atoms with E-state index in [-0.39, 0.29) is 17.1 Å². The van der Waals surface area contributed by atoms with Crippen LogP contribution in [0.15, 0.2) is 65.0 Å². The average Bonchev–Trinajstić information content (AvgIpc) is 2.78. The maximum atomic E-state index is 13.7. The van der Waals surface area contributed by atoms with Crippen molar-refractivity contribution < 1.29 is 19.1 Å². The Morgan fingerprint density at radius 2 is 1.79 bits per heavy atom. The first-order chi connectivity index (χ1) is 16.1. The standard InChI is InChI=1S/C28H32N2O4/c1-16-9-7-8-10-20(16)30-27(32)24-17(2)29-21-14-28(3,4)15-22(31)26(21)25(24)19-12-11-18(33-5)13-23(19)34-6/h7-13,25,29H,14-15H2,1-6H3,(H,30,32). The SMILES string of the molecule is COc1ccc(C2C(C(=O)Nc3ccccc3C)=C(C)NC3=C2C(=O)CC(C)(C)C3)c(OC)c1. The summed E-state index contributed by atoms with van der Waals surface area (Å²) in [6, 6.07) is 13.2. The van der Waals surface area contributed by atoms with Gasteiger partial charge in [-0.2, -0.15) is 0 Å². The highest BCUT2D eigenvalue weighted by molar-refractivity contribution is 6.10. The number of amides is 1. The summed E-state index contributed by atoms with van der Waals surface area (Å²) in [7, 11) is 3.18. The van der Waals surface area contributed by atoms with Crippen LogP contribution in [0, 0.1) is 12.3 Å². The summed E-state index contributed by atoms with van der Waals surface area (Å²) in [4.78, 5) is 27.3. The minimum Gasteiger partial charge on any atom is -0.497 e. The van der Waals surface area contributed by atoms with Gasteiger partial charge in [0.2, 0.25) is 0 Å². The Balaban J connectivity index is 1.87. The molecule has 1 heterocycles. The highest BCUT2D eigenvalue weighted by Crippen LogP contribution is 2.49. The normalized spacial score (nSPS) is 19.4. The number of dihydropyridines is 1. The molecule has 0 spiro atoms. The van der Waals surface area contributed by atoms with E-state index in [1.165, 1.54) is 0 Å². The molecule has 0 radical (unpaired) electrons. The van der Waals surface area contributed by atoms with Gasteiger partial charge in [0.05, 0.1) is 20.1 Å². The number of rotatable bonds is 5. The molecule has 2 aromatic rings. The monoisotopic (exact) mass is 460 g/mol. The van der Waals surface area contributed by atoms with Crippen molar-refractivity contribution in [1.29, 1.82) is 0 Å². The number of carbonyl (C=O) groups excluding carboxylic acids is 2. The van der Waals surface area contributed by atoms with Crippen molar-refractivity contribution in [3.05, 3.63) is 76.1 Å². The molecule has 0 saturated carbocycles. The molecule has 0 aromatic heterocycles. The number of anilines is 1. The molecule has 178 valence electrons. The van der Waals surface area contributed by atoms with Crippen molar-refractivity contribution in [3.63, 3.8) is 0 Å².